The predicted molar refractivity (Wildman–Crippen MR) is 562 cm³/mol. The van der Waals surface area contributed by atoms with Gasteiger partial charge in [0.05, 0.1) is 83.7 Å². The third-order valence-electron chi connectivity index (χ3n) is 23.3. The van der Waals surface area contributed by atoms with Crippen LogP contribution in [0.2, 0.25) is 0 Å². The average Bonchev–Trinajstić information content (AvgIpc) is 1.64. The zero-order valence-electron chi connectivity index (χ0n) is 93.9. The standard InChI is InChI=1S/C13H21NO6.C13H19NO2.C13H15NO2.C12H22N2O2.C12H20O4.C11H18O5.C10H17NO2.C10H16O4.2C8H14N2O/c1-4-10(3)12(16)19-8-9-20-13(17)14-6-7-18-11(15)5-2;1-3-8(2)13(15)16-12-6-9-4-10(12)5-11(9)7-14;1-3-10(2)13(15)16-9-12-6-4-11(8-14)5-7-12;1-6-12(4,5)11(16)14-8-7-13-10(15)9(2)3;1-5-7-10(13)15-8-9-16-11(14)12(3,4)6-2;1-5-9(12)15-7-8-16-10(13)11(3,6-2)14-4;1-6-10(3,4)9(12)13-7-8(2)11-5;1-4-8(3)10(12)14-7-6-13-9(11)5-2;2*1-3-7(2)8(11)10-6-4-5-9/h5,10H,2,4,6-9H2,1,3H3,(H,14,17);8-12H,3-6H2,1-2H3;4-7,10H,3,9H2,1-2H3;2,6-8H2,1,3-5H3,(H,13,15)(H,14,16);5,7H,6,8-9H2,1-4H3;5H,1,6-8H2,2-4H3;8H,6-7H2,1-4H3;5,8H,2,4,6-7H2,1,3H3;2*7H,3-4,6H2,1-2H3,(H,10,11)/b;;;;7-5+;;;;;. The molecule has 2 fully saturated rings. The highest BCUT2D eigenvalue weighted by Gasteiger charge is 2.48. The Bertz CT molecular complexity index is 4370. The van der Waals surface area contributed by atoms with Crippen molar-refractivity contribution in [2.75, 3.05) is 106 Å². The molecule has 0 aliphatic heterocycles. The van der Waals surface area contributed by atoms with Gasteiger partial charge in [-0.15, -0.1) is 0 Å². The number of hydrogen-bond donors (Lipinski definition) is 5. The maximum absolute atomic E-state index is 11.7. The van der Waals surface area contributed by atoms with Gasteiger partial charge in [-0.1, -0.05) is 169 Å². The van der Waals surface area contributed by atoms with Crippen molar-refractivity contribution in [1.29, 1.82) is 21.0 Å². The van der Waals surface area contributed by atoms with Crippen LogP contribution in [0.1, 0.15) is 287 Å². The summed E-state index contributed by atoms with van der Waals surface area (Å²) in [5.74, 6) is -2.92. The molecule has 0 aromatic heterocycles. The summed E-state index contributed by atoms with van der Waals surface area (Å²) in [6, 6.07) is 15.1. The van der Waals surface area contributed by atoms with E-state index in [1.807, 2.05) is 157 Å². The van der Waals surface area contributed by atoms with E-state index in [0.717, 1.165) is 88.0 Å². The molecule has 0 spiro atoms. The molecule has 149 heavy (non-hydrogen) atoms. The number of alkyl carbamates (subject to hydrolysis) is 1. The molecule has 1 aromatic carbocycles. The van der Waals surface area contributed by atoms with Gasteiger partial charge >= 0.3 is 71.8 Å². The first kappa shape index (κ1) is 149. The van der Waals surface area contributed by atoms with Gasteiger partial charge in [-0.3, -0.25) is 47.9 Å². The molecule has 12 unspecified atom stereocenters. The molecule has 1 aromatic rings. The highest BCUT2D eigenvalue weighted by molar-refractivity contribution is 5.92. The Morgan fingerprint density at radius 2 is 0.832 bits per heavy atom. The summed E-state index contributed by atoms with van der Waals surface area (Å²) < 4.78 is 63.8. The summed E-state index contributed by atoms with van der Waals surface area (Å²) in [5.41, 5.74) is -0.219. The zero-order valence-corrected chi connectivity index (χ0v) is 93.9. The second-order valence-corrected chi connectivity index (χ2v) is 36.4. The van der Waals surface area contributed by atoms with Crippen molar-refractivity contribution in [3.05, 3.63) is 109 Å². The average molecular weight is 2100 g/mol. The summed E-state index contributed by atoms with van der Waals surface area (Å²) >= 11 is 0. The van der Waals surface area contributed by atoms with E-state index in [9.17, 15) is 76.7 Å². The van der Waals surface area contributed by atoms with Crippen LogP contribution in [-0.2, 0) is 140 Å². The molecule has 2 aliphatic rings. The first-order valence-electron chi connectivity index (χ1n) is 50.7. The van der Waals surface area contributed by atoms with Crippen LogP contribution in [0.25, 0.3) is 4.85 Å². The topological polar surface area (TPSA) is 553 Å². The summed E-state index contributed by atoms with van der Waals surface area (Å²) in [6.07, 6.45) is 16.7. The minimum atomic E-state index is -0.942. The van der Waals surface area contributed by atoms with E-state index in [-0.39, 0.29) is 198 Å². The molecule has 3 rings (SSSR count). The van der Waals surface area contributed by atoms with Crippen LogP contribution in [0.4, 0.5) is 4.79 Å². The Morgan fingerprint density at radius 3 is 1.20 bits per heavy atom. The SMILES string of the molecule is C/C=C/C(=O)OCCOC(=O)C(C)(C)CC.C=C(C)C(=O)NCCNC(=O)C(C)(C)CC.C=CC(=O)OCCNC(=O)OCCOC(=O)C(C)CC.C=CC(=O)OCCOC(=O)C(C)(CC)OC.C=CC(=O)OCCOC(=O)C(C)CC.CCC(C)C(=O)NCCC#N.CCC(C)C(=O)NCCC#N.CCC(C)C(=O)OC1CC2CC1CC2C#N.CCC(C)C(=O)OCc1ccc(C#N)cc1.[C-]#[N+]C(C)COC(=O)C(C)(C)CC. The number of carbonyl (C=O) groups excluding carboxylic acids is 16. The highest BCUT2D eigenvalue weighted by Crippen LogP contribution is 2.49. The van der Waals surface area contributed by atoms with Gasteiger partial charge in [0.2, 0.25) is 23.6 Å². The first-order chi connectivity index (χ1) is 70.1. The lowest BCUT2D eigenvalue weighted by atomic mass is 9.88. The summed E-state index contributed by atoms with van der Waals surface area (Å²) in [4.78, 5) is 182. The second kappa shape index (κ2) is 89.8. The third kappa shape index (κ3) is 75.9. The van der Waals surface area contributed by atoms with E-state index in [1.54, 1.807) is 71.9 Å². The van der Waals surface area contributed by atoms with Gasteiger partial charge in [0, 0.05) is 93.3 Å². The Morgan fingerprint density at radius 1 is 0.443 bits per heavy atom. The van der Waals surface area contributed by atoms with E-state index in [2.05, 4.69) is 78.0 Å². The smallest absolute Gasteiger partial charge is 0.407 e. The van der Waals surface area contributed by atoms with E-state index in [4.69, 9.17) is 75.0 Å². The summed E-state index contributed by atoms with van der Waals surface area (Å²) in [6.45, 7) is 71.0. The number of carbonyl (C=O) groups is 16. The highest BCUT2D eigenvalue weighted by atomic mass is 16.6. The Balaban J connectivity index is -0.000000302. The number of hydrogen-bond acceptors (Lipinski definition) is 33. The molecule has 5 N–H and O–H groups in total. The normalized spacial score (nSPS) is 14.6. The third-order valence-corrected chi connectivity index (χ3v) is 23.3. The molecule has 5 amide bonds. The van der Waals surface area contributed by atoms with E-state index in [1.165, 1.54) is 13.2 Å². The van der Waals surface area contributed by atoms with E-state index in [0.29, 0.717) is 81.3 Å². The molecule has 840 valence electrons. The fraction of sp³-hybridized carbons (Fsp3) is 0.664. The van der Waals surface area contributed by atoms with Crippen LogP contribution < -0.4 is 26.6 Å². The monoisotopic (exact) mass is 2100 g/mol. The molecule has 2 saturated carbocycles. The lowest BCUT2D eigenvalue weighted by Crippen LogP contribution is -2.40. The Kier molecular flexibility index (Phi) is 89.6. The molecular formula is C110H176N10O29. The maximum Gasteiger partial charge on any atom is 0.407 e. The minimum absolute atomic E-state index is 0.00545. The molecule has 2 aliphatic carbocycles. The number of rotatable bonds is 53. The van der Waals surface area contributed by atoms with Crippen LogP contribution >= 0.6 is 0 Å². The van der Waals surface area contributed by atoms with Gasteiger partial charge in [0.15, 0.2) is 12.2 Å². The number of methoxy groups -OCH3 is 1. The molecule has 2 bridgehead atoms. The van der Waals surface area contributed by atoms with Crippen molar-refractivity contribution in [2.45, 2.75) is 301 Å². The number of benzene rings is 1. The lowest BCUT2D eigenvalue weighted by Gasteiger charge is -2.25. The van der Waals surface area contributed by atoms with E-state index >= 15 is 0 Å². The van der Waals surface area contributed by atoms with Gasteiger partial charge in [-0.2, -0.15) is 21.0 Å². The molecule has 39 nitrogen and oxygen atoms in total. The molecule has 0 radical (unpaired) electrons. The number of ether oxygens (including phenoxy) is 13. The Hall–Kier alpha value is -13.4. The largest absolute Gasteiger partial charge is 0.462 e. The fourth-order valence-electron chi connectivity index (χ4n) is 10.1. The number of amides is 5. The van der Waals surface area contributed by atoms with Crippen molar-refractivity contribution >= 4 is 95.4 Å². The van der Waals surface area contributed by atoms with Crippen LogP contribution in [0.5, 0.6) is 0 Å². The van der Waals surface area contributed by atoms with Crippen molar-refractivity contribution < 1.29 is 138 Å². The van der Waals surface area contributed by atoms with E-state index < -0.39 is 52.4 Å². The number of allylic oxidation sites excluding steroid dienone is 1. The number of nitrogens with one attached hydrogen (secondary N) is 5. The van der Waals surface area contributed by atoms with Crippen molar-refractivity contribution in [3.8, 4) is 24.3 Å². The number of fused-ring (bicyclic) bond motifs is 2. The fourth-order valence-corrected chi connectivity index (χ4v) is 10.1. The van der Waals surface area contributed by atoms with Crippen molar-refractivity contribution in [3.63, 3.8) is 0 Å². The number of esters is 11. The van der Waals surface area contributed by atoms with Gasteiger partial charge < -0.3 is 93.0 Å². The molecule has 39 heteroatoms. The van der Waals surface area contributed by atoms with Crippen molar-refractivity contribution in [2.24, 2.45) is 69.5 Å². The number of nitriles is 4. The second-order valence-electron chi connectivity index (χ2n) is 36.4. The Labute approximate surface area is 886 Å². The van der Waals surface area contributed by atoms with Crippen LogP contribution in [0.15, 0.2) is 86.5 Å². The lowest BCUT2D eigenvalue weighted by molar-refractivity contribution is -0.170. The van der Waals surface area contributed by atoms with Crippen LogP contribution in [0, 0.1) is 121 Å². The van der Waals surface area contributed by atoms with Gasteiger partial charge in [0.1, 0.15) is 72.2 Å². The molecular weight excluding hydrogens is 1930 g/mol. The minimum Gasteiger partial charge on any atom is -0.462 e. The van der Waals surface area contributed by atoms with Gasteiger partial charge in [-0.05, 0) is 161 Å². The first-order valence-corrected chi connectivity index (χ1v) is 50.7. The van der Waals surface area contributed by atoms with Crippen molar-refractivity contribution in [1.82, 2.24) is 26.6 Å². The quantitative estimate of drug-likeness (QED) is 0.0133. The molecule has 0 heterocycles. The molecule has 12 atom stereocenters. The zero-order chi connectivity index (χ0) is 116. The van der Waals surface area contributed by atoms with Gasteiger partial charge in [0.25, 0.3) is 6.04 Å². The van der Waals surface area contributed by atoms with Crippen LogP contribution in [-0.4, -0.2) is 219 Å². The maximum atomic E-state index is 11.7. The van der Waals surface area contributed by atoms with Crippen LogP contribution in [0.3, 0.4) is 0 Å². The molecule has 0 saturated heterocycles. The summed E-state index contributed by atoms with van der Waals surface area (Å²) in [5, 5.41) is 47.0. The summed E-state index contributed by atoms with van der Waals surface area (Å²) in [7, 11) is 1.45. The number of nitrogens with zero attached hydrogens (tertiary/aromatic N) is 5. The van der Waals surface area contributed by atoms with Gasteiger partial charge in [-0.25, -0.2) is 35.3 Å². The predicted octanol–water partition coefficient (Wildman–Crippen LogP) is 16.3.